The van der Waals surface area contributed by atoms with Crippen LogP contribution in [-0.4, -0.2) is 29.3 Å². The van der Waals surface area contributed by atoms with Crippen molar-refractivity contribution in [3.05, 3.63) is 42.0 Å². The van der Waals surface area contributed by atoms with Gasteiger partial charge in [0.25, 0.3) is 0 Å². The van der Waals surface area contributed by atoms with Crippen LogP contribution in [-0.2, 0) is 13.0 Å². The van der Waals surface area contributed by atoms with Gasteiger partial charge in [-0.2, -0.15) is 0 Å². The van der Waals surface area contributed by atoms with Gasteiger partial charge in [-0.05, 0) is 31.9 Å². The van der Waals surface area contributed by atoms with Crippen LogP contribution in [0.4, 0.5) is 0 Å². The van der Waals surface area contributed by atoms with Crippen LogP contribution in [0, 0.1) is 6.92 Å². The minimum Gasteiger partial charge on any atom is -0.497 e. The summed E-state index contributed by atoms with van der Waals surface area (Å²) in [7, 11) is 1.65. The maximum atomic E-state index is 5.92. The molecule has 0 saturated heterocycles. The number of aromatic nitrogens is 2. The van der Waals surface area contributed by atoms with Crippen molar-refractivity contribution in [3.8, 4) is 11.5 Å². The van der Waals surface area contributed by atoms with Crippen LogP contribution in [0.25, 0.3) is 0 Å². The van der Waals surface area contributed by atoms with Crippen molar-refractivity contribution in [1.29, 1.82) is 0 Å². The number of hydrogen-bond donors (Lipinski definition) is 1. The van der Waals surface area contributed by atoms with E-state index in [-0.39, 0.29) is 6.04 Å². The number of methoxy groups -OCH3 is 1. The lowest BCUT2D eigenvalue weighted by atomic mass is 10.1. The Kier molecular flexibility index (Phi) is 5.22. The van der Waals surface area contributed by atoms with Crippen molar-refractivity contribution in [2.75, 3.05) is 13.7 Å². The topological polar surface area (TPSA) is 62.3 Å². The molecule has 21 heavy (non-hydrogen) atoms. The summed E-state index contributed by atoms with van der Waals surface area (Å²) in [5.74, 6) is 2.61. The number of nitrogens with zero attached hydrogens (tertiary/aromatic N) is 2. The molecule has 1 heterocycles. The normalized spacial score (nSPS) is 12.2. The molecule has 2 rings (SSSR count). The summed E-state index contributed by atoms with van der Waals surface area (Å²) in [6.45, 7) is 5.31. The molecule has 1 atom stereocenters. The molecule has 114 valence electrons. The smallest absolute Gasteiger partial charge is 0.126 e. The van der Waals surface area contributed by atoms with E-state index in [4.69, 9.17) is 15.2 Å². The third kappa shape index (κ3) is 4.23. The number of imidazole rings is 1. The molecule has 1 aromatic heterocycles. The average Bonchev–Trinajstić information content (AvgIpc) is 2.85. The van der Waals surface area contributed by atoms with E-state index in [1.807, 2.05) is 38.2 Å². The first-order valence-electron chi connectivity index (χ1n) is 7.13. The Labute approximate surface area is 125 Å². The van der Waals surface area contributed by atoms with E-state index in [2.05, 4.69) is 9.55 Å². The second-order valence-corrected chi connectivity index (χ2v) is 5.17. The van der Waals surface area contributed by atoms with E-state index in [1.54, 1.807) is 13.3 Å². The Hall–Kier alpha value is -2.01. The van der Waals surface area contributed by atoms with Gasteiger partial charge < -0.3 is 19.8 Å². The fourth-order valence-electron chi connectivity index (χ4n) is 2.21. The first-order valence-corrected chi connectivity index (χ1v) is 7.13. The molecular weight excluding hydrogens is 266 g/mol. The van der Waals surface area contributed by atoms with Gasteiger partial charge in [-0.3, -0.25) is 0 Å². The highest BCUT2D eigenvalue weighted by Crippen LogP contribution is 2.26. The van der Waals surface area contributed by atoms with E-state index in [1.165, 1.54) is 0 Å². The Balaban J connectivity index is 2.04. The van der Waals surface area contributed by atoms with Crippen molar-refractivity contribution < 1.29 is 9.47 Å². The summed E-state index contributed by atoms with van der Waals surface area (Å²) < 4.78 is 13.2. The fraction of sp³-hybridized carbons (Fsp3) is 0.438. The summed E-state index contributed by atoms with van der Waals surface area (Å²) in [4.78, 5) is 4.20. The summed E-state index contributed by atoms with van der Waals surface area (Å²) in [5, 5.41) is 0. The molecule has 0 aliphatic heterocycles. The molecule has 5 heteroatoms. The third-order valence-corrected chi connectivity index (χ3v) is 3.33. The first-order chi connectivity index (χ1) is 10.1. The van der Waals surface area contributed by atoms with Crippen molar-refractivity contribution in [2.45, 2.75) is 32.9 Å². The minimum absolute atomic E-state index is 0.0941. The third-order valence-electron chi connectivity index (χ3n) is 3.33. The van der Waals surface area contributed by atoms with Gasteiger partial charge in [0.2, 0.25) is 0 Å². The molecule has 0 amide bonds. The van der Waals surface area contributed by atoms with Crippen molar-refractivity contribution in [2.24, 2.45) is 5.73 Å². The lowest BCUT2D eigenvalue weighted by Gasteiger charge is -2.15. The Morgan fingerprint density at radius 3 is 2.81 bits per heavy atom. The highest BCUT2D eigenvalue weighted by atomic mass is 16.5. The van der Waals surface area contributed by atoms with E-state index < -0.39 is 0 Å². The standard InChI is InChI=1S/C16H23N3O2/c1-12(17)10-14-4-5-15(20-3)11-16(14)21-9-8-19-7-6-18-13(19)2/h4-7,11-12H,8-10,17H2,1-3H3. The number of ether oxygens (including phenoxy) is 2. The summed E-state index contributed by atoms with van der Waals surface area (Å²) in [6, 6.07) is 5.96. The quantitative estimate of drug-likeness (QED) is 0.848. The molecule has 5 nitrogen and oxygen atoms in total. The number of hydrogen-bond acceptors (Lipinski definition) is 4. The Morgan fingerprint density at radius 2 is 2.19 bits per heavy atom. The van der Waals surface area contributed by atoms with Gasteiger partial charge in [0.15, 0.2) is 0 Å². The van der Waals surface area contributed by atoms with Crippen LogP contribution in [0.1, 0.15) is 18.3 Å². The van der Waals surface area contributed by atoms with Crippen LogP contribution >= 0.6 is 0 Å². The van der Waals surface area contributed by atoms with Crippen LogP contribution in [0.2, 0.25) is 0 Å². The molecule has 0 bridgehead atoms. The molecular formula is C16H23N3O2. The summed E-state index contributed by atoms with van der Waals surface area (Å²) in [6.07, 6.45) is 4.53. The van der Waals surface area contributed by atoms with Gasteiger partial charge in [-0.15, -0.1) is 0 Å². The van der Waals surface area contributed by atoms with Crippen molar-refractivity contribution in [3.63, 3.8) is 0 Å². The number of nitrogens with two attached hydrogens (primary N) is 1. The largest absolute Gasteiger partial charge is 0.497 e. The van der Waals surface area contributed by atoms with E-state index in [9.17, 15) is 0 Å². The SMILES string of the molecule is COc1ccc(CC(C)N)c(OCCn2ccnc2C)c1. The highest BCUT2D eigenvalue weighted by Gasteiger charge is 2.08. The molecule has 1 aromatic carbocycles. The van der Waals surface area contributed by atoms with E-state index in [0.717, 1.165) is 35.9 Å². The zero-order valence-corrected chi connectivity index (χ0v) is 12.9. The zero-order chi connectivity index (χ0) is 15.2. The monoisotopic (exact) mass is 289 g/mol. The summed E-state index contributed by atoms with van der Waals surface area (Å²) in [5.41, 5.74) is 7.00. The van der Waals surface area contributed by atoms with E-state index >= 15 is 0 Å². The zero-order valence-electron chi connectivity index (χ0n) is 12.9. The maximum Gasteiger partial charge on any atom is 0.126 e. The van der Waals surface area contributed by atoms with Gasteiger partial charge in [0.1, 0.15) is 23.9 Å². The van der Waals surface area contributed by atoms with Crippen molar-refractivity contribution in [1.82, 2.24) is 9.55 Å². The second-order valence-electron chi connectivity index (χ2n) is 5.17. The predicted octanol–water partition coefficient (Wildman–Crippen LogP) is 2.17. The number of benzene rings is 1. The van der Waals surface area contributed by atoms with Gasteiger partial charge in [0, 0.05) is 24.5 Å². The molecule has 0 radical (unpaired) electrons. The first kappa shape index (κ1) is 15.4. The lowest BCUT2D eigenvalue weighted by molar-refractivity contribution is 0.291. The highest BCUT2D eigenvalue weighted by molar-refractivity contribution is 5.41. The summed E-state index contributed by atoms with van der Waals surface area (Å²) >= 11 is 0. The number of rotatable bonds is 7. The van der Waals surface area contributed by atoms with Crippen LogP contribution in [0.5, 0.6) is 11.5 Å². The van der Waals surface area contributed by atoms with Crippen molar-refractivity contribution >= 4 is 0 Å². The van der Waals surface area contributed by atoms with Gasteiger partial charge in [-0.25, -0.2) is 4.98 Å². The van der Waals surface area contributed by atoms with Gasteiger partial charge in [-0.1, -0.05) is 6.07 Å². The Bertz CT molecular complexity index is 579. The Morgan fingerprint density at radius 1 is 1.38 bits per heavy atom. The molecule has 1 unspecified atom stereocenters. The molecule has 0 fully saturated rings. The van der Waals surface area contributed by atoms with E-state index in [0.29, 0.717) is 6.61 Å². The molecule has 2 aromatic rings. The van der Waals surface area contributed by atoms with Crippen LogP contribution < -0.4 is 15.2 Å². The maximum absolute atomic E-state index is 5.92. The molecule has 0 aliphatic carbocycles. The van der Waals surface area contributed by atoms with Gasteiger partial charge >= 0.3 is 0 Å². The molecule has 2 N–H and O–H groups in total. The predicted molar refractivity (Wildman–Crippen MR) is 82.8 cm³/mol. The van der Waals surface area contributed by atoms with Crippen LogP contribution in [0.15, 0.2) is 30.6 Å². The lowest BCUT2D eigenvalue weighted by Crippen LogP contribution is -2.18. The minimum atomic E-state index is 0.0941. The molecule has 0 saturated carbocycles. The average molecular weight is 289 g/mol. The van der Waals surface area contributed by atoms with Gasteiger partial charge in [0.05, 0.1) is 13.7 Å². The molecule has 0 spiro atoms. The fourth-order valence-corrected chi connectivity index (χ4v) is 2.21. The molecule has 0 aliphatic rings. The number of aryl methyl sites for hydroxylation is 1. The van der Waals surface area contributed by atoms with Crippen LogP contribution in [0.3, 0.4) is 0 Å². The second kappa shape index (κ2) is 7.13.